The van der Waals surface area contributed by atoms with Gasteiger partial charge in [0.05, 0.1) is 12.0 Å². The van der Waals surface area contributed by atoms with Crippen LogP contribution in [0.25, 0.3) is 0 Å². The molecule has 104 heavy (non-hydrogen) atoms. The molecule has 0 saturated carbocycles. The monoisotopic (exact) mass is 2170 g/mol. The highest BCUT2D eigenvalue weighted by Crippen LogP contribution is 2.54. The average Bonchev–Trinajstić information content (AvgIpc) is 0.639. The fourth-order valence-electron chi connectivity index (χ4n) is 9.35. The van der Waals surface area contributed by atoms with E-state index in [2.05, 4.69) is 0 Å². The number of esters is 1. The summed E-state index contributed by atoms with van der Waals surface area (Å²) in [6.45, 7) is -37.0. The van der Waals surface area contributed by atoms with Crippen LogP contribution in [-0.2, 0) is 71.3 Å². The quantitative estimate of drug-likeness (QED) is 0.0153. The topological polar surface area (TPSA) is 691 Å². The minimum Gasteiger partial charge on any atom is -0.465 e. The van der Waals surface area contributed by atoms with Crippen LogP contribution >= 0.6 is 0 Å². The molecule has 0 amide bonds. The first kappa shape index (κ1) is 111. The highest BCUT2D eigenvalue weighted by atomic mass is 30.5. The third kappa shape index (κ3) is 24.0. The van der Waals surface area contributed by atoms with E-state index in [1.165, 1.54) is 26.2 Å². The van der Waals surface area contributed by atoms with Gasteiger partial charge in [-0.3, -0.25) is 4.79 Å². The molecule has 48 radical (unpaired) electrons. The lowest BCUT2D eigenvalue weighted by Crippen LogP contribution is -3.14. The lowest BCUT2D eigenvalue weighted by atomic mass is 9.91. The van der Waals surface area contributed by atoms with Crippen molar-refractivity contribution in [2.24, 2.45) is 5.41 Å². The Hall–Kier alpha value is 6.94. The van der Waals surface area contributed by atoms with Gasteiger partial charge in [-0.25, -0.2) is 0 Å². The van der Waals surface area contributed by atoms with Crippen LogP contribution < -0.4 is 0 Å². The van der Waals surface area contributed by atoms with Crippen LogP contribution in [0.2, 0.25) is 71.5 Å². The van der Waals surface area contributed by atoms with Crippen LogP contribution in [0.3, 0.4) is 0 Å². The summed E-state index contributed by atoms with van der Waals surface area (Å²) in [5.74, 6) is -0.646. The summed E-state index contributed by atoms with van der Waals surface area (Å²) in [6.07, 6.45) is 0.163. The zero-order chi connectivity index (χ0) is 81.3. The van der Waals surface area contributed by atoms with Crippen molar-refractivity contribution in [2.45, 2.75) is 105 Å². The number of hydrogen-bond acceptors (Lipinski definition) is 43. The van der Waals surface area contributed by atoms with Crippen LogP contribution in [0.4, 0.5) is 0 Å². The highest BCUT2D eigenvalue weighted by molar-refractivity contribution is 8.24. The Morgan fingerprint density at radius 1 is 0.375 bits per heavy atom. The predicted molar refractivity (Wildman–Crippen MR) is 420 cm³/mol. The van der Waals surface area contributed by atoms with Crippen LogP contribution in [-0.4, -0.2) is 500 Å². The normalized spacial score (nSPS) is 17.0. The molecule has 0 spiro atoms. The summed E-state index contributed by atoms with van der Waals surface area (Å²) in [7, 11) is -110. The van der Waals surface area contributed by atoms with E-state index in [0.717, 1.165) is 19.6 Å². The summed E-state index contributed by atoms with van der Waals surface area (Å²) in [4.78, 5) is 339. The van der Waals surface area contributed by atoms with Crippen molar-refractivity contribution in [3.8, 4) is 0 Å². The van der Waals surface area contributed by atoms with Crippen LogP contribution in [0, 0.1) is 5.41 Å². The first-order valence-electron chi connectivity index (χ1n) is 27.9. The maximum Gasteiger partial charge on any atom is 0.420 e. The number of hydrogen-bond donors (Lipinski definition) is 26. The molecule has 5 atom stereocenters. The molecule has 5 unspecified atom stereocenters. The number of carbonyl (C=O) groups excluding carboxylic acids is 1. The maximum absolute atomic E-state index is 13.8. The first-order chi connectivity index (χ1) is 48.2. The summed E-state index contributed by atoms with van der Waals surface area (Å²) < 4.78 is 110. The lowest BCUT2D eigenvalue weighted by Gasteiger charge is -2.70. The van der Waals surface area contributed by atoms with E-state index in [-0.39, 0.29) is 19.1 Å². The third-order valence-electron chi connectivity index (χ3n) is 14.1. The molecule has 85 heteroatoms. The molecule has 0 aliphatic rings. The van der Waals surface area contributed by atoms with Gasteiger partial charge in [0.25, 0.3) is 83.2 Å². The standard InChI is InChI=1S/C19H74O43Si42/c1-14-19(2,3)18(20)47-16-15-17-91(13,57-88(5,6)7)55-87(4)56-95(103(99(79-37,80-38)52-67-25,100(81-39,82-40)53-68-26)60-93(71-29,72-30)48-63-21,62-96(97(75-33,76-34)50-65-23,98(77-35,78-36)51-66-24)59-92(46,70-28)89(8,9)10)104(101(83-41,84-42)54-69-27,61-94(73-31,74-32)49-64-22)102(85-43,86-44)58-90(11,12)45/h21-46,87H,14-17H2,1-13H3. The molecule has 0 saturated heterocycles. The Bertz CT molecular complexity index is 2380. The molecule has 576 valence electrons. The molecule has 0 heterocycles. The second kappa shape index (κ2) is 48.0. The molecule has 0 fully saturated rings. The van der Waals surface area contributed by atoms with Gasteiger partial charge in [-0.15, -0.1) is 0 Å². The molecular weight excluding hydrogens is 2100 g/mol. The van der Waals surface area contributed by atoms with E-state index in [1.54, 1.807) is 40.4 Å². The fraction of sp³-hybridized carbons (Fsp3) is 0.947. The molecule has 0 aromatic carbocycles. The molecule has 0 bridgehead atoms. The third-order valence-corrected chi connectivity index (χ3v) is 325. The van der Waals surface area contributed by atoms with E-state index < -0.39 is 374 Å². The summed E-state index contributed by atoms with van der Waals surface area (Å²) >= 11 is 0. The van der Waals surface area contributed by atoms with Gasteiger partial charge in [0.2, 0.25) is 139 Å². The number of ether oxygens (including phenoxy) is 1. The number of rotatable bonds is 62. The van der Waals surface area contributed by atoms with Gasteiger partial charge in [0.15, 0.2) is 8.32 Å². The Balaban J connectivity index is 14.2. The van der Waals surface area contributed by atoms with Gasteiger partial charge in [-0.2, -0.15) is 0 Å². The molecule has 0 aliphatic heterocycles. The Morgan fingerprint density at radius 3 is 0.952 bits per heavy atom. The van der Waals surface area contributed by atoms with E-state index >= 15 is 0 Å². The van der Waals surface area contributed by atoms with Crippen molar-refractivity contribution >= 4 is 369 Å². The highest BCUT2D eigenvalue weighted by Gasteiger charge is 3.01. The van der Waals surface area contributed by atoms with E-state index in [1.807, 2.05) is 0 Å². The van der Waals surface area contributed by atoms with Crippen LogP contribution in [0.5, 0.6) is 0 Å². The fourth-order valence-corrected chi connectivity index (χ4v) is 527. The molecule has 43 nitrogen and oxygen atoms in total. The second-order valence-corrected chi connectivity index (χ2v) is 204. The van der Waals surface area contributed by atoms with Gasteiger partial charge >= 0.3 is 131 Å². The van der Waals surface area contributed by atoms with E-state index in [9.17, 15) is 129 Å². The van der Waals surface area contributed by atoms with Gasteiger partial charge < -0.3 is 191 Å². The van der Waals surface area contributed by atoms with Crippen molar-refractivity contribution in [3.63, 3.8) is 0 Å². The zero-order valence-corrected chi connectivity index (χ0v) is 98.6. The SMILES string of the molecule is CCC(C)(C)C(=O)OCCC[Si](C)(O[SiH](C)O[Si](O[Si](O[Si](O)([Si]O)[Si](C)(C)C)([Si](O[Si]O)([Si]O)[Si]O)[Si](O[Si]O)([Si]O)[Si]O)([Si](O[Si](O[Si]O)([Si]O)[Si]O)([Si](O[Si]O)([Si]O)[Si]O)[Si](O[Si]O)([Si]O)[Si]O)[Si](O[Si](O[Si]O)([Si]O)[Si]O)([Si](O[Si]O)([Si]O)[Si]O)[Si](O[Si](C)(C)O)([Si]O)[Si]O)O[Si](C)(C)C. The maximum atomic E-state index is 13.8. The first-order valence-corrected chi connectivity index (χ1v) is 115. The molecule has 0 aliphatic carbocycles. The van der Waals surface area contributed by atoms with Crippen molar-refractivity contribution < 1.29 is 196 Å². The zero-order valence-electron chi connectivity index (χ0n) is 56.5. The minimum absolute atomic E-state index is 0.157. The van der Waals surface area contributed by atoms with Gasteiger partial charge in [-0.05, 0) is 78.6 Å². The Morgan fingerprint density at radius 2 is 0.692 bits per heavy atom. The van der Waals surface area contributed by atoms with Gasteiger partial charge in [0.1, 0.15) is 7.59 Å². The molecule has 0 rings (SSSR count). The summed E-state index contributed by atoms with van der Waals surface area (Å²) in [6, 6.07) is -0.285. The van der Waals surface area contributed by atoms with Crippen molar-refractivity contribution in [3.05, 3.63) is 0 Å². The largest absolute Gasteiger partial charge is 0.465 e. The lowest BCUT2D eigenvalue weighted by molar-refractivity contribution is -0.154. The predicted octanol–water partition coefficient (Wildman–Crippen LogP) is -23.6. The van der Waals surface area contributed by atoms with Crippen molar-refractivity contribution in [1.29, 1.82) is 0 Å². The summed E-state index contributed by atoms with van der Waals surface area (Å²) in [5, 5.41) is 0. The van der Waals surface area contributed by atoms with Gasteiger partial charge in [0, 0.05) is 0 Å². The average molecular weight is 2170 g/mol. The molecule has 0 aromatic rings. The van der Waals surface area contributed by atoms with Crippen LogP contribution in [0.15, 0.2) is 0 Å². The minimum atomic E-state index is -8.34. The van der Waals surface area contributed by atoms with Crippen molar-refractivity contribution in [1.82, 2.24) is 0 Å². The molecule has 26 N–H and O–H groups in total. The number of carbonyl (C=O) groups is 1. The summed E-state index contributed by atoms with van der Waals surface area (Å²) in [5.41, 5.74) is -1.02. The Kier molecular flexibility index (Phi) is 51.2. The van der Waals surface area contributed by atoms with Crippen molar-refractivity contribution in [2.75, 3.05) is 6.61 Å². The van der Waals surface area contributed by atoms with E-state index in [4.69, 9.17) is 66.5 Å². The Labute approximate surface area is 675 Å². The van der Waals surface area contributed by atoms with Crippen LogP contribution in [0.1, 0.15) is 33.6 Å². The molecular formula is C19H74O43Si42. The van der Waals surface area contributed by atoms with E-state index in [0.29, 0.717) is 6.42 Å². The van der Waals surface area contributed by atoms with Gasteiger partial charge in [-0.1, -0.05) is 26.6 Å². The molecule has 0 aromatic heterocycles. The second-order valence-electron chi connectivity index (χ2n) is 23.6. The smallest absolute Gasteiger partial charge is 0.420 e.